The Morgan fingerprint density at radius 3 is 2.46 bits per heavy atom. The summed E-state index contributed by atoms with van der Waals surface area (Å²) in [5.41, 5.74) is 10.4. The second-order valence-electron chi connectivity index (χ2n) is 10.3. The van der Waals surface area contributed by atoms with E-state index in [0.717, 1.165) is 36.3 Å². The number of nitrogens with zero attached hydrogens (tertiary/aromatic N) is 2. The molecule has 4 aromatic rings. The minimum Gasteiger partial charge on any atom is -0.491 e. The van der Waals surface area contributed by atoms with E-state index in [1.54, 1.807) is 6.20 Å². The van der Waals surface area contributed by atoms with Gasteiger partial charge in [-0.25, -0.2) is 4.79 Å². The summed E-state index contributed by atoms with van der Waals surface area (Å²) < 4.78 is 13.6. The van der Waals surface area contributed by atoms with E-state index < -0.39 is 0 Å². The van der Waals surface area contributed by atoms with Crippen LogP contribution in [0.1, 0.15) is 66.2 Å². The zero-order chi connectivity index (χ0) is 26.1. The van der Waals surface area contributed by atoms with Crippen molar-refractivity contribution in [2.45, 2.75) is 59.1 Å². The molecule has 1 aliphatic rings. The molecule has 2 heterocycles. The number of ether oxygens (including phenoxy) is 2. The smallest absolute Gasteiger partial charge is 0.337 e. The number of carbonyl (C=O) groups is 1. The predicted molar refractivity (Wildman–Crippen MR) is 147 cm³/mol. The van der Waals surface area contributed by atoms with Gasteiger partial charge >= 0.3 is 5.97 Å². The van der Waals surface area contributed by atoms with Gasteiger partial charge < -0.3 is 14.0 Å². The molecule has 0 aliphatic heterocycles. The lowest BCUT2D eigenvalue weighted by atomic mass is 9.84. The fraction of sp³-hybridized carbons (Fsp3) is 0.312. The van der Waals surface area contributed by atoms with Crippen molar-refractivity contribution in [3.8, 4) is 28.1 Å². The summed E-state index contributed by atoms with van der Waals surface area (Å²) in [6.07, 6.45) is 8.02. The van der Waals surface area contributed by atoms with Crippen LogP contribution < -0.4 is 4.74 Å². The van der Waals surface area contributed by atoms with Crippen molar-refractivity contribution >= 4 is 5.97 Å². The van der Waals surface area contributed by atoms with Crippen LogP contribution in [0.4, 0.5) is 0 Å². The van der Waals surface area contributed by atoms with Crippen LogP contribution in [0.25, 0.3) is 22.4 Å². The van der Waals surface area contributed by atoms with E-state index in [-0.39, 0.29) is 12.1 Å². The summed E-state index contributed by atoms with van der Waals surface area (Å²) in [5, 5.41) is 0. The molecular weight excluding hydrogens is 460 g/mol. The molecule has 190 valence electrons. The number of pyridine rings is 1. The second-order valence-corrected chi connectivity index (χ2v) is 10.3. The molecule has 0 radical (unpaired) electrons. The number of esters is 1. The summed E-state index contributed by atoms with van der Waals surface area (Å²) in [4.78, 5) is 16.3. The first-order valence-electron chi connectivity index (χ1n) is 13.0. The van der Waals surface area contributed by atoms with Gasteiger partial charge in [-0.3, -0.25) is 4.98 Å². The quantitative estimate of drug-likeness (QED) is 0.258. The van der Waals surface area contributed by atoms with Gasteiger partial charge in [0.05, 0.1) is 24.5 Å². The van der Waals surface area contributed by atoms with Crippen LogP contribution in [-0.4, -0.2) is 28.7 Å². The van der Waals surface area contributed by atoms with E-state index in [4.69, 9.17) is 9.47 Å². The molecular formula is C32H34N2O3. The molecule has 0 spiro atoms. The van der Waals surface area contributed by atoms with Gasteiger partial charge in [-0.15, -0.1) is 0 Å². The van der Waals surface area contributed by atoms with Crippen molar-refractivity contribution < 1.29 is 14.3 Å². The Morgan fingerprint density at radius 2 is 1.81 bits per heavy atom. The minimum atomic E-state index is -0.324. The summed E-state index contributed by atoms with van der Waals surface area (Å²) in [7, 11) is 1.41. The van der Waals surface area contributed by atoms with Gasteiger partial charge in [0.15, 0.2) is 0 Å². The molecule has 0 atom stereocenters. The van der Waals surface area contributed by atoms with Crippen LogP contribution in [-0.2, 0) is 24.1 Å². The lowest BCUT2D eigenvalue weighted by Crippen LogP contribution is -2.12. The number of aryl methyl sites for hydroxylation is 1. The SMILES string of the molecule is COC(=O)c1ccc(-c2cn(Cc3cccnc3)c3c2CCc2cc(C(C)C)c(OC(C)C)cc2-3)cc1. The molecule has 1 aliphatic carbocycles. The maximum absolute atomic E-state index is 12.0. The molecule has 37 heavy (non-hydrogen) atoms. The van der Waals surface area contributed by atoms with Crippen LogP contribution in [0.3, 0.4) is 0 Å². The number of hydrogen-bond acceptors (Lipinski definition) is 4. The Balaban J connectivity index is 1.68. The highest BCUT2D eigenvalue weighted by molar-refractivity contribution is 5.90. The Bertz CT molecular complexity index is 1420. The molecule has 0 amide bonds. The number of fused-ring (bicyclic) bond motifs is 3. The Hall–Kier alpha value is -3.86. The number of methoxy groups -OCH3 is 1. The highest BCUT2D eigenvalue weighted by Gasteiger charge is 2.27. The van der Waals surface area contributed by atoms with Crippen molar-refractivity contribution in [2.24, 2.45) is 0 Å². The first kappa shape index (κ1) is 24.8. The third-order valence-electron chi connectivity index (χ3n) is 7.00. The number of benzene rings is 2. The normalized spacial score (nSPS) is 12.4. The van der Waals surface area contributed by atoms with Gasteiger partial charge in [-0.1, -0.05) is 38.1 Å². The predicted octanol–water partition coefficient (Wildman–Crippen LogP) is 7.06. The topological polar surface area (TPSA) is 53.4 Å². The molecule has 0 saturated heterocycles. The third kappa shape index (κ3) is 4.91. The average molecular weight is 495 g/mol. The molecule has 0 unspecified atom stereocenters. The Morgan fingerprint density at radius 1 is 1.03 bits per heavy atom. The number of rotatable bonds is 7. The van der Waals surface area contributed by atoms with Gasteiger partial charge in [-0.2, -0.15) is 0 Å². The van der Waals surface area contributed by atoms with Gasteiger partial charge in [-0.05, 0) is 84.7 Å². The lowest BCUT2D eigenvalue weighted by molar-refractivity contribution is 0.0600. The van der Waals surface area contributed by atoms with Crippen LogP contribution in [0.15, 0.2) is 67.1 Å². The van der Waals surface area contributed by atoms with E-state index in [0.29, 0.717) is 11.5 Å². The molecule has 2 aromatic heterocycles. The Labute approximate surface area is 219 Å². The van der Waals surface area contributed by atoms with E-state index in [2.05, 4.69) is 61.6 Å². The van der Waals surface area contributed by atoms with Crippen molar-refractivity contribution in [1.29, 1.82) is 0 Å². The summed E-state index contributed by atoms with van der Waals surface area (Å²) >= 11 is 0. The zero-order valence-electron chi connectivity index (χ0n) is 22.2. The number of aromatic nitrogens is 2. The molecule has 2 aromatic carbocycles. The van der Waals surface area contributed by atoms with Crippen molar-refractivity contribution in [2.75, 3.05) is 7.11 Å². The zero-order valence-corrected chi connectivity index (χ0v) is 22.2. The average Bonchev–Trinajstić information content (AvgIpc) is 3.26. The molecule has 0 saturated carbocycles. The maximum Gasteiger partial charge on any atom is 0.337 e. The third-order valence-corrected chi connectivity index (χ3v) is 7.00. The monoisotopic (exact) mass is 494 g/mol. The highest BCUT2D eigenvalue weighted by Crippen LogP contribution is 2.44. The van der Waals surface area contributed by atoms with Gasteiger partial charge in [0.2, 0.25) is 0 Å². The van der Waals surface area contributed by atoms with E-state index in [9.17, 15) is 4.79 Å². The number of carbonyl (C=O) groups excluding carboxylic acids is 1. The van der Waals surface area contributed by atoms with E-state index in [1.165, 1.54) is 40.6 Å². The molecule has 0 fully saturated rings. The highest BCUT2D eigenvalue weighted by atomic mass is 16.5. The van der Waals surface area contributed by atoms with Crippen LogP contribution >= 0.6 is 0 Å². The summed E-state index contributed by atoms with van der Waals surface area (Å²) in [5.74, 6) is 1.02. The molecule has 5 nitrogen and oxygen atoms in total. The van der Waals surface area contributed by atoms with Crippen molar-refractivity contribution in [1.82, 2.24) is 9.55 Å². The molecule has 0 bridgehead atoms. The largest absolute Gasteiger partial charge is 0.491 e. The van der Waals surface area contributed by atoms with Gasteiger partial charge in [0, 0.05) is 36.3 Å². The number of hydrogen-bond donors (Lipinski definition) is 0. The lowest BCUT2D eigenvalue weighted by Gasteiger charge is -2.25. The summed E-state index contributed by atoms with van der Waals surface area (Å²) in [6, 6.07) is 16.4. The fourth-order valence-electron chi connectivity index (χ4n) is 5.27. The standard InChI is InChI=1S/C32H34N2O3/c1-20(2)27-15-25-12-13-26-29(23-8-10-24(11-9-23)32(35)36-5)19-34(18-22-7-6-14-33-17-22)31(26)28(25)16-30(27)37-21(3)4/h6-11,14-17,19-21H,12-13,18H2,1-5H3. The Kier molecular flexibility index (Phi) is 6.88. The summed E-state index contributed by atoms with van der Waals surface area (Å²) in [6.45, 7) is 9.34. The van der Waals surface area contributed by atoms with Crippen LogP contribution in [0.5, 0.6) is 5.75 Å². The van der Waals surface area contributed by atoms with Crippen molar-refractivity contribution in [3.63, 3.8) is 0 Å². The second kappa shape index (κ2) is 10.3. The molecule has 0 N–H and O–H groups in total. The van der Waals surface area contributed by atoms with E-state index >= 15 is 0 Å². The first-order valence-corrected chi connectivity index (χ1v) is 13.0. The molecule has 5 heteroatoms. The van der Waals surface area contributed by atoms with Crippen LogP contribution in [0, 0.1) is 0 Å². The van der Waals surface area contributed by atoms with Gasteiger partial charge in [0.25, 0.3) is 0 Å². The van der Waals surface area contributed by atoms with Crippen LogP contribution in [0.2, 0.25) is 0 Å². The first-order chi connectivity index (χ1) is 17.9. The molecule has 5 rings (SSSR count). The minimum absolute atomic E-state index is 0.102. The van der Waals surface area contributed by atoms with Gasteiger partial charge in [0.1, 0.15) is 5.75 Å². The maximum atomic E-state index is 12.0. The fourth-order valence-corrected chi connectivity index (χ4v) is 5.27. The van der Waals surface area contributed by atoms with Crippen molar-refractivity contribution in [3.05, 3.63) is 94.9 Å². The van der Waals surface area contributed by atoms with E-state index in [1.807, 2.05) is 36.5 Å².